The Hall–Kier alpha value is -2.87. The molecule has 0 atom stereocenters. The van der Waals surface area contributed by atoms with Crippen LogP contribution in [0, 0.1) is 18.3 Å². The molecule has 1 heterocycles. The van der Waals surface area contributed by atoms with Crippen LogP contribution in [0.2, 0.25) is 0 Å². The van der Waals surface area contributed by atoms with Crippen molar-refractivity contribution in [1.29, 1.82) is 5.26 Å². The summed E-state index contributed by atoms with van der Waals surface area (Å²) in [5, 5.41) is 9.54. The number of hydrogen-bond donors (Lipinski definition) is 2. The van der Waals surface area contributed by atoms with Crippen molar-refractivity contribution in [3.05, 3.63) is 46.6 Å². The molecule has 0 spiro atoms. The largest absolute Gasteiger partial charge is 0.383 e. The third-order valence-electron chi connectivity index (χ3n) is 4.82. The van der Waals surface area contributed by atoms with E-state index in [1.165, 1.54) is 12.8 Å². The molecule has 24 heavy (non-hydrogen) atoms. The molecule has 0 radical (unpaired) electrons. The van der Waals surface area contributed by atoms with E-state index in [0.717, 1.165) is 35.2 Å². The lowest BCUT2D eigenvalue weighted by atomic mass is 9.90. The third-order valence-corrected chi connectivity index (χ3v) is 4.82. The molecule has 5 heteroatoms. The molecule has 0 aliphatic heterocycles. The van der Waals surface area contributed by atoms with Gasteiger partial charge in [-0.25, -0.2) is 4.98 Å². The predicted octanol–water partition coefficient (Wildman–Crippen LogP) is 3.27. The van der Waals surface area contributed by atoms with Crippen molar-refractivity contribution < 1.29 is 4.79 Å². The van der Waals surface area contributed by atoms with Crippen LogP contribution in [-0.4, -0.2) is 10.9 Å². The number of nitrogen functional groups attached to an aromatic ring is 1. The highest BCUT2D eigenvalue weighted by atomic mass is 16.1. The molecule has 0 saturated heterocycles. The van der Waals surface area contributed by atoms with E-state index in [-0.39, 0.29) is 5.82 Å². The Kier molecular flexibility index (Phi) is 4.22. The van der Waals surface area contributed by atoms with Crippen molar-refractivity contribution >= 4 is 11.7 Å². The summed E-state index contributed by atoms with van der Waals surface area (Å²) < 4.78 is 0. The minimum absolute atomic E-state index is 0.277. The van der Waals surface area contributed by atoms with Gasteiger partial charge < -0.3 is 11.5 Å². The average Bonchev–Trinajstić information content (AvgIpc) is 3.10. The average molecular weight is 320 g/mol. The summed E-state index contributed by atoms with van der Waals surface area (Å²) in [6.07, 6.45) is 4.63. The van der Waals surface area contributed by atoms with Gasteiger partial charge in [-0.15, -0.1) is 0 Å². The number of pyridine rings is 1. The van der Waals surface area contributed by atoms with E-state index in [2.05, 4.69) is 11.1 Å². The van der Waals surface area contributed by atoms with Crippen LogP contribution in [0.1, 0.15) is 58.8 Å². The molecule has 1 saturated carbocycles. The topological polar surface area (TPSA) is 106 Å². The highest BCUT2D eigenvalue weighted by Gasteiger charge is 2.25. The lowest BCUT2D eigenvalue weighted by Crippen LogP contribution is -2.11. The van der Waals surface area contributed by atoms with E-state index in [9.17, 15) is 10.1 Å². The van der Waals surface area contributed by atoms with E-state index in [4.69, 9.17) is 11.5 Å². The van der Waals surface area contributed by atoms with Gasteiger partial charge in [0.15, 0.2) is 0 Å². The Morgan fingerprint density at radius 2 is 1.88 bits per heavy atom. The number of anilines is 1. The molecule has 1 aromatic carbocycles. The number of amides is 1. The number of primary amides is 1. The van der Waals surface area contributed by atoms with Gasteiger partial charge >= 0.3 is 0 Å². The van der Waals surface area contributed by atoms with Crippen LogP contribution in [0.15, 0.2) is 24.3 Å². The SMILES string of the molecule is Cc1c(C2CCCC2)nc(N)c(C#N)c1-c1ccc(C(N)=O)cc1. The normalized spacial score (nSPS) is 14.5. The van der Waals surface area contributed by atoms with Crippen LogP contribution in [0.4, 0.5) is 5.82 Å². The van der Waals surface area contributed by atoms with Gasteiger partial charge in [0.2, 0.25) is 5.91 Å². The maximum Gasteiger partial charge on any atom is 0.248 e. The second kappa shape index (κ2) is 6.32. The fraction of sp³-hybridized carbons (Fsp3) is 0.316. The van der Waals surface area contributed by atoms with Crippen molar-refractivity contribution in [3.63, 3.8) is 0 Å². The first kappa shape index (κ1) is 16.0. The molecule has 0 bridgehead atoms. The summed E-state index contributed by atoms with van der Waals surface area (Å²) in [7, 11) is 0. The fourth-order valence-electron chi connectivity index (χ4n) is 3.59. The van der Waals surface area contributed by atoms with Gasteiger partial charge in [0.25, 0.3) is 0 Å². The molecule has 4 N–H and O–H groups in total. The van der Waals surface area contributed by atoms with Crippen LogP contribution >= 0.6 is 0 Å². The molecule has 1 aromatic heterocycles. The van der Waals surface area contributed by atoms with Crippen LogP contribution in [0.3, 0.4) is 0 Å². The number of benzene rings is 1. The molecule has 1 fully saturated rings. The number of carbonyl (C=O) groups excluding carboxylic acids is 1. The van der Waals surface area contributed by atoms with Crippen LogP contribution in [0.5, 0.6) is 0 Å². The molecule has 2 aromatic rings. The smallest absolute Gasteiger partial charge is 0.248 e. The number of hydrogen-bond acceptors (Lipinski definition) is 4. The number of nitrogens with two attached hydrogens (primary N) is 2. The van der Waals surface area contributed by atoms with Crippen LogP contribution in [0.25, 0.3) is 11.1 Å². The second-order valence-electron chi connectivity index (χ2n) is 6.29. The van der Waals surface area contributed by atoms with E-state index >= 15 is 0 Å². The van der Waals surface area contributed by atoms with Crippen molar-refractivity contribution in [2.45, 2.75) is 38.5 Å². The van der Waals surface area contributed by atoms with Gasteiger partial charge in [0.05, 0.1) is 0 Å². The first-order valence-electron chi connectivity index (χ1n) is 8.13. The van der Waals surface area contributed by atoms with Gasteiger partial charge in [-0.05, 0) is 43.0 Å². The lowest BCUT2D eigenvalue weighted by molar-refractivity contribution is 0.100. The minimum atomic E-state index is -0.473. The Morgan fingerprint density at radius 3 is 2.42 bits per heavy atom. The van der Waals surface area contributed by atoms with Gasteiger partial charge in [-0.3, -0.25) is 4.79 Å². The Bertz CT molecular complexity index is 828. The Balaban J connectivity index is 2.17. The lowest BCUT2D eigenvalue weighted by Gasteiger charge is -2.18. The third kappa shape index (κ3) is 2.71. The van der Waals surface area contributed by atoms with Crippen molar-refractivity contribution in [3.8, 4) is 17.2 Å². The predicted molar refractivity (Wildman–Crippen MR) is 93.3 cm³/mol. The second-order valence-corrected chi connectivity index (χ2v) is 6.29. The van der Waals surface area contributed by atoms with Crippen molar-refractivity contribution in [2.75, 3.05) is 5.73 Å². The van der Waals surface area contributed by atoms with Crippen LogP contribution < -0.4 is 11.5 Å². The highest BCUT2D eigenvalue weighted by molar-refractivity contribution is 5.93. The number of nitriles is 1. The zero-order chi connectivity index (χ0) is 17.3. The van der Waals surface area contributed by atoms with Crippen molar-refractivity contribution in [1.82, 2.24) is 4.98 Å². The number of nitrogens with zero attached hydrogens (tertiary/aromatic N) is 2. The molecule has 1 aliphatic rings. The van der Waals surface area contributed by atoms with Gasteiger partial charge in [-0.1, -0.05) is 25.0 Å². The van der Waals surface area contributed by atoms with E-state index in [1.807, 2.05) is 6.92 Å². The molecule has 3 rings (SSSR count). The summed E-state index contributed by atoms with van der Waals surface area (Å²) in [4.78, 5) is 15.8. The summed E-state index contributed by atoms with van der Waals surface area (Å²) in [6.45, 7) is 2.00. The summed E-state index contributed by atoms with van der Waals surface area (Å²) >= 11 is 0. The summed E-state index contributed by atoms with van der Waals surface area (Å²) in [6, 6.07) is 9.13. The van der Waals surface area contributed by atoms with E-state index < -0.39 is 5.91 Å². The van der Waals surface area contributed by atoms with Gasteiger partial charge in [0.1, 0.15) is 17.5 Å². The monoisotopic (exact) mass is 320 g/mol. The first-order chi connectivity index (χ1) is 11.5. The van der Waals surface area contributed by atoms with Crippen LogP contribution in [-0.2, 0) is 0 Å². The molecule has 1 aliphatic carbocycles. The van der Waals surface area contributed by atoms with Gasteiger partial charge in [-0.2, -0.15) is 5.26 Å². The van der Waals surface area contributed by atoms with Gasteiger partial charge in [0, 0.05) is 22.7 Å². The maximum absolute atomic E-state index is 11.3. The zero-order valence-corrected chi connectivity index (χ0v) is 13.7. The zero-order valence-electron chi connectivity index (χ0n) is 13.7. The number of rotatable bonds is 3. The van der Waals surface area contributed by atoms with E-state index in [1.54, 1.807) is 24.3 Å². The molecular weight excluding hydrogens is 300 g/mol. The standard InChI is InChI=1S/C19H20N4O/c1-11-16(12-6-8-14(9-7-12)19(22)24)15(10-20)18(21)23-17(11)13-4-2-3-5-13/h6-9,13H,2-5H2,1H3,(H2,21,23)(H2,22,24). The molecule has 5 nitrogen and oxygen atoms in total. The molecule has 0 unspecified atom stereocenters. The first-order valence-corrected chi connectivity index (χ1v) is 8.13. The number of carbonyl (C=O) groups is 1. The quantitative estimate of drug-likeness (QED) is 0.905. The minimum Gasteiger partial charge on any atom is -0.383 e. The number of aromatic nitrogens is 1. The highest BCUT2D eigenvalue weighted by Crippen LogP contribution is 2.40. The Labute approximate surface area is 141 Å². The summed E-state index contributed by atoms with van der Waals surface area (Å²) in [5.41, 5.74) is 15.9. The van der Waals surface area contributed by atoms with E-state index in [0.29, 0.717) is 17.0 Å². The molecule has 122 valence electrons. The maximum atomic E-state index is 11.3. The molecule has 1 amide bonds. The summed E-state index contributed by atoms with van der Waals surface area (Å²) in [5.74, 6) is 0.210. The van der Waals surface area contributed by atoms with Crippen molar-refractivity contribution in [2.24, 2.45) is 5.73 Å². The molecular formula is C19H20N4O. The Morgan fingerprint density at radius 1 is 1.25 bits per heavy atom. The fourth-order valence-corrected chi connectivity index (χ4v) is 3.59.